The van der Waals surface area contributed by atoms with Crippen molar-refractivity contribution < 1.29 is 108 Å². The molecule has 2 aromatic rings. The Balaban J connectivity index is 1.69. The van der Waals surface area contributed by atoms with Gasteiger partial charge in [-0.15, -0.1) is 0 Å². The molecule has 0 spiro atoms. The molecule has 3 rings (SSSR count). The lowest BCUT2D eigenvalue weighted by atomic mass is 9.88. The summed E-state index contributed by atoms with van der Waals surface area (Å²) in [4.78, 5) is 13.2. The van der Waals surface area contributed by atoms with Crippen LogP contribution in [0.15, 0.2) is 72.8 Å². The average molecular weight is 973 g/mol. The van der Waals surface area contributed by atoms with Gasteiger partial charge in [0.15, 0.2) is 12.4 Å². The van der Waals surface area contributed by atoms with Crippen LogP contribution in [-0.2, 0) is 41.7 Å². The molecule has 1 fully saturated rings. The fourth-order valence-corrected chi connectivity index (χ4v) is 5.94. The van der Waals surface area contributed by atoms with E-state index in [2.05, 4.69) is 0 Å². The molecule has 65 heavy (non-hydrogen) atoms. The topological polar surface area (TPSA) is 83.5 Å². The van der Waals surface area contributed by atoms with E-state index in [0.717, 1.165) is 11.6 Å². The van der Waals surface area contributed by atoms with Gasteiger partial charge in [-0.25, -0.2) is 0 Å². The standard InChI is InChI=1S/C41H45F17O7/c1-33(2,3)32(60)65-30-29(63-24-26-18-12-9-13-19-26)28(62-23-25-16-10-8-11-17-25)27(22-59)64-31(30)61-21-15-7-5-4-6-14-20-34(42,43)35(44,45)36(46,47)37(48,49)38(50,51)39(52,53)40(54,55)41(56,57)58/h4-5,8-13,16-19,27-31,59H,6-7,14-15,20-24H2,1-3H3/b5-4-. The fraction of sp³-hybridized carbons (Fsp3) is 0.634. The summed E-state index contributed by atoms with van der Waals surface area (Å²) in [6, 6.07) is 17.7. The average Bonchev–Trinajstić information content (AvgIpc) is 3.21. The second-order valence-corrected chi connectivity index (χ2v) is 15.9. The van der Waals surface area contributed by atoms with Gasteiger partial charge in [-0.05, 0) is 57.6 Å². The van der Waals surface area contributed by atoms with Crippen LogP contribution in [0.5, 0.6) is 0 Å². The van der Waals surface area contributed by atoms with Crippen LogP contribution in [0.3, 0.4) is 0 Å². The van der Waals surface area contributed by atoms with Gasteiger partial charge < -0.3 is 28.8 Å². The predicted molar refractivity (Wildman–Crippen MR) is 194 cm³/mol. The molecule has 2 aromatic carbocycles. The SMILES string of the molecule is CC(C)(C)C(=O)OC1C(OCCC/C=C\CCCC(F)(F)C(F)(F)C(F)(F)C(F)(F)C(F)(F)C(F)(F)C(F)(F)C(F)(F)F)OC(CO)C(OCc2ccccc2)C1OCc1ccccc1. The Kier molecular flexibility index (Phi) is 18.0. The summed E-state index contributed by atoms with van der Waals surface area (Å²) in [7, 11) is 0. The van der Waals surface area contributed by atoms with E-state index in [0.29, 0.717) is 5.56 Å². The minimum atomic E-state index is -8.67. The Morgan fingerprint density at radius 1 is 0.585 bits per heavy atom. The maximum absolute atomic E-state index is 14.3. The van der Waals surface area contributed by atoms with Crippen molar-refractivity contribution in [3.8, 4) is 0 Å². The summed E-state index contributed by atoms with van der Waals surface area (Å²) in [6.45, 7) is 3.88. The number of benzene rings is 2. The molecule has 370 valence electrons. The van der Waals surface area contributed by atoms with E-state index in [9.17, 15) is 84.5 Å². The number of allylic oxidation sites excluding steroid dienone is 2. The van der Waals surface area contributed by atoms with Crippen LogP contribution in [0.1, 0.15) is 64.0 Å². The quantitative estimate of drug-likeness (QED) is 0.0514. The zero-order valence-corrected chi connectivity index (χ0v) is 34.5. The first-order valence-electron chi connectivity index (χ1n) is 19.5. The highest BCUT2D eigenvalue weighted by Gasteiger charge is 2.95. The maximum Gasteiger partial charge on any atom is 0.460 e. The van der Waals surface area contributed by atoms with Crippen molar-refractivity contribution >= 4 is 5.97 Å². The van der Waals surface area contributed by atoms with Crippen LogP contribution < -0.4 is 0 Å². The number of hydrogen-bond acceptors (Lipinski definition) is 7. The number of carbonyl (C=O) groups excluding carboxylic acids is 1. The van der Waals surface area contributed by atoms with Gasteiger partial charge in [0, 0.05) is 6.42 Å². The summed E-state index contributed by atoms with van der Waals surface area (Å²) in [5.41, 5.74) is 0.411. The zero-order chi connectivity index (χ0) is 49.5. The van der Waals surface area contributed by atoms with Gasteiger partial charge in [0.25, 0.3) is 0 Å². The highest BCUT2D eigenvalue weighted by Crippen LogP contribution is 2.64. The largest absolute Gasteiger partial charge is 0.460 e. The van der Waals surface area contributed by atoms with E-state index in [4.69, 9.17) is 23.7 Å². The van der Waals surface area contributed by atoms with E-state index < -0.39 is 116 Å². The molecule has 0 aliphatic carbocycles. The first-order chi connectivity index (χ1) is 29.7. The number of alkyl halides is 17. The number of aliphatic hydroxyl groups is 1. The van der Waals surface area contributed by atoms with Crippen molar-refractivity contribution in [2.24, 2.45) is 5.41 Å². The lowest BCUT2D eigenvalue weighted by Crippen LogP contribution is -2.74. The van der Waals surface area contributed by atoms with Crippen LogP contribution in [0.2, 0.25) is 0 Å². The van der Waals surface area contributed by atoms with Crippen LogP contribution in [0.25, 0.3) is 0 Å². The smallest absolute Gasteiger partial charge is 0.454 e. The number of rotatable bonds is 23. The molecular weight excluding hydrogens is 927 g/mol. The molecule has 1 aliphatic heterocycles. The Bertz CT molecular complexity index is 1820. The minimum absolute atomic E-state index is 0.0119. The van der Waals surface area contributed by atoms with Gasteiger partial charge in [-0.3, -0.25) is 4.79 Å². The third-order valence-electron chi connectivity index (χ3n) is 9.81. The first kappa shape index (κ1) is 55.6. The van der Waals surface area contributed by atoms with Crippen molar-refractivity contribution in [1.82, 2.24) is 0 Å². The van der Waals surface area contributed by atoms with Crippen molar-refractivity contribution in [3.63, 3.8) is 0 Å². The predicted octanol–water partition coefficient (Wildman–Crippen LogP) is 11.4. The molecule has 1 saturated heterocycles. The van der Waals surface area contributed by atoms with Crippen LogP contribution >= 0.6 is 0 Å². The molecule has 0 saturated carbocycles. The normalized spacial score (nSPS) is 21.2. The van der Waals surface area contributed by atoms with Gasteiger partial charge >= 0.3 is 53.6 Å². The zero-order valence-electron chi connectivity index (χ0n) is 34.5. The van der Waals surface area contributed by atoms with E-state index >= 15 is 0 Å². The van der Waals surface area contributed by atoms with Crippen LogP contribution in [0, 0.1) is 5.41 Å². The van der Waals surface area contributed by atoms with Gasteiger partial charge in [0.2, 0.25) is 0 Å². The van der Waals surface area contributed by atoms with Crippen molar-refractivity contribution in [2.75, 3.05) is 13.2 Å². The number of esters is 1. The number of ether oxygens (including phenoxy) is 5. The first-order valence-corrected chi connectivity index (χ1v) is 19.5. The summed E-state index contributed by atoms with van der Waals surface area (Å²) in [6.07, 6.45) is -16.1. The molecule has 24 heteroatoms. The third-order valence-corrected chi connectivity index (χ3v) is 9.81. The molecule has 1 N–H and O–H groups in total. The Morgan fingerprint density at radius 2 is 1.02 bits per heavy atom. The molecular formula is C41H45F17O7. The Morgan fingerprint density at radius 3 is 1.46 bits per heavy atom. The summed E-state index contributed by atoms with van der Waals surface area (Å²) < 4.78 is 261. The van der Waals surface area contributed by atoms with Crippen LogP contribution in [0.4, 0.5) is 74.6 Å². The number of hydrogen-bond donors (Lipinski definition) is 1. The minimum Gasteiger partial charge on any atom is -0.454 e. The number of unbranched alkanes of at least 4 members (excludes halogenated alkanes) is 2. The molecule has 5 unspecified atom stereocenters. The second-order valence-electron chi connectivity index (χ2n) is 15.9. The van der Waals surface area contributed by atoms with E-state index in [1.54, 1.807) is 81.4 Å². The molecule has 0 bridgehead atoms. The molecule has 1 aliphatic rings. The number of halogens is 17. The summed E-state index contributed by atoms with van der Waals surface area (Å²) in [5, 5.41) is 10.4. The fourth-order valence-electron chi connectivity index (χ4n) is 5.94. The number of carbonyl (C=O) groups is 1. The highest BCUT2D eigenvalue weighted by molar-refractivity contribution is 5.75. The van der Waals surface area contributed by atoms with Crippen molar-refractivity contribution in [1.29, 1.82) is 0 Å². The van der Waals surface area contributed by atoms with Gasteiger partial charge in [0.1, 0.15) is 18.3 Å². The molecule has 5 atom stereocenters. The Labute approximate surface area is 361 Å². The van der Waals surface area contributed by atoms with Crippen molar-refractivity contribution in [2.45, 2.75) is 144 Å². The van der Waals surface area contributed by atoms with Gasteiger partial charge in [-0.2, -0.15) is 74.6 Å². The van der Waals surface area contributed by atoms with Gasteiger partial charge in [0.05, 0.1) is 31.8 Å². The molecule has 1 heterocycles. The van der Waals surface area contributed by atoms with E-state index in [-0.39, 0.29) is 32.7 Å². The van der Waals surface area contributed by atoms with E-state index in [1.165, 1.54) is 6.08 Å². The second kappa shape index (κ2) is 21.1. The Hall–Kier alpha value is -3.74. The van der Waals surface area contributed by atoms with Gasteiger partial charge in [-0.1, -0.05) is 72.8 Å². The lowest BCUT2D eigenvalue weighted by Gasteiger charge is -2.45. The lowest BCUT2D eigenvalue weighted by molar-refractivity contribution is -0.461. The van der Waals surface area contributed by atoms with E-state index in [1.807, 2.05) is 0 Å². The maximum atomic E-state index is 14.3. The van der Waals surface area contributed by atoms with Crippen LogP contribution in [-0.4, -0.2) is 103 Å². The molecule has 0 radical (unpaired) electrons. The summed E-state index contributed by atoms with van der Waals surface area (Å²) in [5.74, 6) is -57.3. The highest BCUT2D eigenvalue weighted by atomic mass is 19.4. The monoisotopic (exact) mass is 972 g/mol. The molecule has 0 aromatic heterocycles. The third kappa shape index (κ3) is 12.1. The molecule has 0 amide bonds. The number of aliphatic hydroxyl groups excluding tert-OH is 1. The van der Waals surface area contributed by atoms with Crippen molar-refractivity contribution in [3.05, 3.63) is 83.9 Å². The summed E-state index contributed by atoms with van der Waals surface area (Å²) >= 11 is 0. The molecule has 7 nitrogen and oxygen atoms in total.